The van der Waals surface area contributed by atoms with Crippen LogP contribution in [0.4, 0.5) is 5.69 Å². The number of hydrogen-bond donors (Lipinski definition) is 1. The van der Waals surface area contributed by atoms with Crippen molar-refractivity contribution >= 4 is 39.1 Å². The van der Waals surface area contributed by atoms with E-state index in [1.165, 1.54) is 15.6 Å². The number of anilines is 1. The predicted octanol–water partition coefficient (Wildman–Crippen LogP) is 4.02. The van der Waals surface area contributed by atoms with Crippen LogP contribution >= 0.6 is 11.6 Å². The number of benzene rings is 1. The van der Waals surface area contributed by atoms with Gasteiger partial charge in [0.15, 0.2) is 0 Å². The van der Waals surface area contributed by atoms with Crippen molar-refractivity contribution in [2.75, 3.05) is 23.7 Å². The maximum absolute atomic E-state index is 13.8. The highest BCUT2D eigenvalue weighted by atomic mass is 35.5. The Kier molecular flexibility index (Phi) is 8.45. The minimum Gasteiger partial charge on any atom is -0.351 e. The molecule has 0 bridgehead atoms. The topological polar surface area (TPSA) is 86.8 Å². The zero-order valence-corrected chi connectivity index (χ0v) is 21.5. The van der Waals surface area contributed by atoms with Crippen molar-refractivity contribution in [2.45, 2.75) is 83.7 Å². The molecule has 7 nitrogen and oxygen atoms in total. The lowest BCUT2D eigenvalue weighted by Gasteiger charge is -2.47. The van der Waals surface area contributed by atoms with E-state index in [-0.39, 0.29) is 30.8 Å². The molecule has 3 rings (SSSR count). The Morgan fingerprint density at radius 1 is 1.18 bits per heavy atom. The molecule has 2 amide bonds. The number of carbonyl (C=O) groups excluding carboxylic acids is 2. The normalized spacial score (nSPS) is 23.8. The van der Waals surface area contributed by atoms with E-state index in [1.54, 1.807) is 32.0 Å². The van der Waals surface area contributed by atoms with Crippen LogP contribution in [-0.4, -0.2) is 55.0 Å². The highest BCUT2D eigenvalue weighted by Crippen LogP contribution is 2.35. The first-order valence-corrected chi connectivity index (χ1v) is 13.9. The van der Waals surface area contributed by atoms with E-state index in [2.05, 4.69) is 5.32 Å². The first-order chi connectivity index (χ1) is 15.6. The first kappa shape index (κ1) is 26.0. The molecule has 0 aromatic heterocycles. The first-order valence-electron chi connectivity index (χ1n) is 12.0. The van der Waals surface area contributed by atoms with Gasteiger partial charge in [0.05, 0.1) is 12.3 Å². The molecule has 0 radical (unpaired) electrons. The standard InChI is InChI=1S/C24H36ClN3O4S/c1-4-14-33(31,32)27-16-22(29)28(21-15-19(25)13-12-18(21)2)24(3,17-27)23(30)26-20-10-8-6-5-7-9-11-20/h12-13,15,20H,4-11,14,16-17H2,1-3H3,(H,26,30)/t24-/m0/s1. The van der Waals surface area contributed by atoms with E-state index in [9.17, 15) is 18.0 Å². The smallest absolute Gasteiger partial charge is 0.247 e. The monoisotopic (exact) mass is 497 g/mol. The number of aryl methyl sites for hydroxylation is 1. The fourth-order valence-corrected chi connectivity index (χ4v) is 6.58. The van der Waals surface area contributed by atoms with E-state index < -0.39 is 21.5 Å². The number of nitrogens with zero attached hydrogens (tertiary/aromatic N) is 2. The molecule has 1 saturated carbocycles. The highest BCUT2D eigenvalue weighted by molar-refractivity contribution is 7.89. The number of piperazine rings is 1. The third-order valence-corrected chi connectivity index (χ3v) is 8.94. The lowest BCUT2D eigenvalue weighted by Crippen LogP contribution is -2.71. The molecule has 1 aromatic carbocycles. The number of nitrogens with one attached hydrogen (secondary N) is 1. The van der Waals surface area contributed by atoms with Crippen molar-refractivity contribution < 1.29 is 18.0 Å². The highest BCUT2D eigenvalue weighted by Gasteiger charge is 2.51. The van der Waals surface area contributed by atoms with Gasteiger partial charge in [-0.3, -0.25) is 14.5 Å². The Labute approximate surface area is 202 Å². The van der Waals surface area contributed by atoms with Crippen LogP contribution < -0.4 is 10.2 Å². The van der Waals surface area contributed by atoms with Gasteiger partial charge in [0.1, 0.15) is 5.54 Å². The number of sulfonamides is 1. The van der Waals surface area contributed by atoms with Crippen LogP contribution in [-0.2, 0) is 19.6 Å². The van der Waals surface area contributed by atoms with Gasteiger partial charge < -0.3 is 5.32 Å². The number of amides is 2. The second kappa shape index (κ2) is 10.7. The van der Waals surface area contributed by atoms with Gasteiger partial charge in [0.2, 0.25) is 21.8 Å². The molecule has 1 heterocycles. The fourth-order valence-electron chi connectivity index (χ4n) is 4.89. The molecule has 184 valence electrons. The van der Waals surface area contributed by atoms with E-state index in [0.29, 0.717) is 17.1 Å². The van der Waals surface area contributed by atoms with Gasteiger partial charge in [0, 0.05) is 23.3 Å². The largest absolute Gasteiger partial charge is 0.351 e. The molecule has 1 aliphatic heterocycles. The summed E-state index contributed by atoms with van der Waals surface area (Å²) in [6.45, 7) is 4.92. The van der Waals surface area contributed by atoms with Gasteiger partial charge in [-0.1, -0.05) is 56.7 Å². The van der Waals surface area contributed by atoms with E-state index in [4.69, 9.17) is 11.6 Å². The van der Waals surface area contributed by atoms with Crippen molar-refractivity contribution in [3.05, 3.63) is 28.8 Å². The van der Waals surface area contributed by atoms with Crippen LogP contribution in [0.15, 0.2) is 18.2 Å². The molecule has 1 N–H and O–H groups in total. The predicted molar refractivity (Wildman–Crippen MR) is 132 cm³/mol. The van der Waals surface area contributed by atoms with Crippen LogP contribution in [0.1, 0.15) is 70.8 Å². The maximum Gasteiger partial charge on any atom is 0.247 e. The fraction of sp³-hybridized carbons (Fsp3) is 0.667. The number of hydrogen-bond acceptors (Lipinski definition) is 4. The summed E-state index contributed by atoms with van der Waals surface area (Å²) in [4.78, 5) is 28.7. The Hall–Kier alpha value is -1.64. The van der Waals surface area contributed by atoms with Crippen molar-refractivity contribution in [1.82, 2.24) is 9.62 Å². The lowest BCUT2D eigenvalue weighted by atomic mass is 9.91. The average Bonchev–Trinajstić information content (AvgIpc) is 2.71. The Bertz CT molecular complexity index is 976. The summed E-state index contributed by atoms with van der Waals surface area (Å²) in [6.07, 6.45) is 7.85. The molecule has 1 aromatic rings. The molecule has 0 unspecified atom stereocenters. The summed E-state index contributed by atoms with van der Waals surface area (Å²) in [5.41, 5.74) is -0.0635. The van der Waals surface area contributed by atoms with Crippen molar-refractivity contribution in [3.63, 3.8) is 0 Å². The van der Waals surface area contributed by atoms with Crippen LogP contribution in [0.5, 0.6) is 0 Å². The summed E-state index contributed by atoms with van der Waals surface area (Å²) in [5, 5.41) is 3.62. The van der Waals surface area contributed by atoms with Crippen molar-refractivity contribution in [3.8, 4) is 0 Å². The van der Waals surface area contributed by atoms with Gasteiger partial charge in [-0.2, -0.15) is 4.31 Å². The van der Waals surface area contributed by atoms with Crippen molar-refractivity contribution in [1.29, 1.82) is 0 Å². The van der Waals surface area contributed by atoms with Crippen molar-refractivity contribution in [2.24, 2.45) is 0 Å². The lowest BCUT2D eigenvalue weighted by molar-refractivity contribution is -0.133. The number of halogens is 1. The summed E-state index contributed by atoms with van der Waals surface area (Å²) < 4.78 is 26.9. The molecule has 0 spiro atoms. The van der Waals surface area contributed by atoms with E-state index in [0.717, 1.165) is 44.1 Å². The summed E-state index contributed by atoms with van der Waals surface area (Å²) in [6, 6.07) is 5.23. The zero-order chi connectivity index (χ0) is 24.2. The minimum atomic E-state index is -3.66. The molecule has 1 saturated heterocycles. The SMILES string of the molecule is CCCS(=O)(=O)N1CC(=O)N(c2cc(Cl)ccc2C)[C@](C)(C(=O)NC2CCCCCCC2)C1. The van der Waals surface area contributed by atoms with E-state index in [1.807, 2.05) is 6.92 Å². The molecule has 2 fully saturated rings. The van der Waals surface area contributed by atoms with Crippen LogP contribution in [0, 0.1) is 6.92 Å². The van der Waals surface area contributed by atoms with Gasteiger partial charge in [-0.25, -0.2) is 8.42 Å². The quantitative estimate of drug-likeness (QED) is 0.643. The van der Waals surface area contributed by atoms with Gasteiger partial charge in [-0.15, -0.1) is 0 Å². The second-order valence-corrected chi connectivity index (χ2v) is 12.1. The summed E-state index contributed by atoms with van der Waals surface area (Å²) in [5.74, 6) is -0.810. The van der Waals surface area contributed by atoms with Crippen LogP contribution in [0.2, 0.25) is 5.02 Å². The van der Waals surface area contributed by atoms with Crippen LogP contribution in [0.25, 0.3) is 0 Å². The molecule has 33 heavy (non-hydrogen) atoms. The molecule has 9 heteroatoms. The molecular formula is C24H36ClN3O4S. The Balaban J connectivity index is 1.99. The minimum absolute atomic E-state index is 0.0228. The molecule has 1 atom stereocenters. The second-order valence-electron chi connectivity index (χ2n) is 9.53. The van der Waals surface area contributed by atoms with E-state index >= 15 is 0 Å². The molecule has 2 aliphatic rings. The van der Waals surface area contributed by atoms with Gasteiger partial charge in [-0.05, 0) is 50.8 Å². The van der Waals surface area contributed by atoms with Gasteiger partial charge in [0.25, 0.3) is 0 Å². The Morgan fingerprint density at radius 3 is 2.45 bits per heavy atom. The maximum atomic E-state index is 13.8. The third-order valence-electron chi connectivity index (χ3n) is 6.74. The Morgan fingerprint density at radius 2 is 1.82 bits per heavy atom. The molecule has 1 aliphatic carbocycles. The third kappa shape index (κ3) is 5.89. The summed E-state index contributed by atoms with van der Waals surface area (Å²) in [7, 11) is -3.66. The van der Waals surface area contributed by atoms with Gasteiger partial charge >= 0.3 is 0 Å². The number of carbonyl (C=O) groups is 2. The average molecular weight is 498 g/mol. The zero-order valence-electron chi connectivity index (χ0n) is 19.9. The molecular weight excluding hydrogens is 462 g/mol. The summed E-state index contributed by atoms with van der Waals surface area (Å²) >= 11 is 6.24. The van der Waals surface area contributed by atoms with Crippen LogP contribution in [0.3, 0.4) is 0 Å². The number of rotatable bonds is 6.